The Morgan fingerprint density at radius 2 is 1.95 bits per heavy atom. The molecule has 2 aliphatic rings. The Balaban J connectivity index is 1.74. The molecule has 1 aromatic rings. The van der Waals surface area contributed by atoms with E-state index in [-0.39, 0.29) is 6.03 Å². The van der Waals surface area contributed by atoms with Gasteiger partial charge in [-0.2, -0.15) is 13.2 Å². The maximum absolute atomic E-state index is 12.8. The van der Waals surface area contributed by atoms with Gasteiger partial charge in [0, 0.05) is 5.70 Å². The van der Waals surface area contributed by atoms with Crippen molar-refractivity contribution < 1.29 is 18.0 Å². The highest BCUT2D eigenvalue weighted by Crippen LogP contribution is 2.46. The summed E-state index contributed by atoms with van der Waals surface area (Å²) in [4.78, 5) is 12.0. The third kappa shape index (κ3) is 2.82. The van der Waals surface area contributed by atoms with Crippen molar-refractivity contribution in [2.24, 2.45) is 0 Å². The molecular weight excluding hydrogens is 293 g/mol. The number of halogens is 3. The Morgan fingerprint density at radius 3 is 2.45 bits per heavy atom. The predicted octanol–water partition coefficient (Wildman–Crippen LogP) is 4.06. The zero-order valence-electron chi connectivity index (χ0n) is 12.2. The molecule has 118 valence electrons. The first-order valence-corrected chi connectivity index (χ1v) is 7.26. The number of nitrogens with one attached hydrogen (secondary N) is 2. The zero-order chi connectivity index (χ0) is 16.0. The number of benzene rings is 1. The van der Waals surface area contributed by atoms with Crippen LogP contribution >= 0.6 is 0 Å². The average molecular weight is 310 g/mol. The van der Waals surface area contributed by atoms with Crippen LogP contribution in [0.25, 0.3) is 0 Å². The largest absolute Gasteiger partial charge is 0.416 e. The number of carbonyl (C=O) groups excluding carboxylic acids is 1. The second-order valence-corrected chi connectivity index (χ2v) is 6.00. The first kappa shape index (κ1) is 14.9. The van der Waals surface area contributed by atoms with Crippen molar-refractivity contribution in [1.82, 2.24) is 10.6 Å². The van der Waals surface area contributed by atoms with Gasteiger partial charge in [-0.05, 0) is 50.3 Å². The fourth-order valence-electron chi connectivity index (χ4n) is 2.66. The van der Waals surface area contributed by atoms with Crippen molar-refractivity contribution in [1.29, 1.82) is 0 Å². The Labute approximate surface area is 126 Å². The van der Waals surface area contributed by atoms with E-state index >= 15 is 0 Å². The molecule has 1 saturated carbocycles. The van der Waals surface area contributed by atoms with Gasteiger partial charge in [-0.3, -0.25) is 0 Å². The molecule has 3 nitrogen and oxygen atoms in total. The maximum atomic E-state index is 12.8. The van der Waals surface area contributed by atoms with Crippen LogP contribution in [0.5, 0.6) is 0 Å². The molecule has 2 aliphatic carbocycles. The molecule has 0 unspecified atom stereocenters. The number of hydrogen-bond acceptors (Lipinski definition) is 1. The molecule has 0 heterocycles. The van der Waals surface area contributed by atoms with Crippen LogP contribution in [0.15, 0.2) is 35.5 Å². The topological polar surface area (TPSA) is 41.1 Å². The summed E-state index contributed by atoms with van der Waals surface area (Å²) < 4.78 is 38.4. The molecule has 3 rings (SSSR count). The Morgan fingerprint density at radius 1 is 1.23 bits per heavy atom. The van der Waals surface area contributed by atoms with Crippen LogP contribution in [0.1, 0.15) is 43.7 Å². The second-order valence-electron chi connectivity index (χ2n) is 6.00. The van der Waals surface area contributed by atoms with Gasteiger partial charge in [-0.15, -0.1) is 0 Å². The molecule has 1 aromatic carbocycles. The molecule has 2 amide bonds. The molecule has 0 aromatic heterocycles. The van der Waals surface area contributed by atoms with E-state index in [0.29, 0.717) is 18.4 Å². The van der Waals surface area contributed by atoms with Crippen LogP contribution in [0.4, 0.5) is 18.0 Å². The van der Waals surface area contributed by atoms with E-state index in [4.69, 9.17) is 0 Å². The van der Waals surface area contributed by atoms with Crippen molar-refractivity contribution in [3.63, 3.8) is 0 Å². The van der Waals surface area contributed by atoms with Crippen molar-refractivity contribution in [2.45, 2.75) is 44.3 Å². The van der Waals surface area contributed by atoms with Crippen LogP contribution < -0.4 is 10.6 Å². The van der Waals surface area contributed by atoms with Crippen molar-refractivity contribution >= 4 is 6.03 Å². The van der Waals surface area contributed by atoms with Gasteiger partial charge in [-0.1, -0.05) is 17.7 Å². The molecule has 0 bridgehead atoms. The van der Waals surface area contributed by atoms with Gasteiger partial charge >= 0.3 is 12.2 Å². The van der Waals surface area contributed by atoms with Crippen LogP contribution in [0.3, 0.4) is 0 Å². The van der Waals surface area contributed by atoms with E-state index in [1.54, 1.807) is 6.07 Å². The van der Waals surface area contributed by atoms with Crippen molar-refractivity contribution in [2.75, 3.05) is 0 Å². The molecule has 0 aliphatic heterocycles. The fourth-order valence-corrected chi connectivity index (χ4v) is 2.66. The lowest BCUT2D eigenvalue weighted by Gasteiger charge is -2.24. The van der Waals surface area contributed by atoms with Crippen molar-refractivity contribution in [3.05, 3.63) is 46.7 Å². The molecule has 1 fully saturated rings. The number of carbonyl (C=O) groups is 1. The average Bonchev–Trinajstić information content (AvgIpc) is 3.23. The molecule has 6 heteroatoms. The quantitative estimate of drug-likeness (QED) is 0.868. The summed E-state index contributed by atoms with van der Waals surface area (Å²) in [6.07, 6.45) is -1.24. The minimum absolute atomic E-state index is 0.344. The van der Waals surface area contributed by atoms with E-state index in [2.05, 4.69) is 10.6 Å². The number of urea groups is 1. The molecule has 0 spiro atoms. The van der Waals surface area contributed by atoms with Crippen LogP contribution in [-0.4, -0.2) is 6.03 Å². The summed E-state index contributed by atoms with van der Waals surface area (Å²) in [6.45, 7) is 1.96. The maximum Gasteiger partial charge on any atom is 0.416 e. The first-order chi connectivity index (χ1) is 10.3. The monoisotopic (exact) mass is 310 g/mol. The first-order valence-electron chi connectivity index (χ1n) is 7.26. The number of rotatable bonds is 3. The number of hydrogen-bond donors (Lipinski definition) is 2. The molecule has 0 radical (unpaired) electrons. The lowest BCUT2D eigenvalue weighted by Crippen LogP contribution is -2.43. The highest BCUT2D eigenvalue weighted by atomic mass is 19.4. The van der Waals surface area contributed by atoms with Crippen LogP contribution in [0.2, 0.25) is 0 Å². The normalized spacial score (nSPS) is 19.5. The van der Waals surface area contributed by atoms with Gasteiger partial charge in [0.05, 0.1) is 11.1 Å². The van der Waals surface area contributed by atoms with Crippen molar-refractivity contribution in [3.8, 4) is 0 Å². The zero-order valence-corrected chi connectivity index (χ0v) is 12.2. The van der Waals surface area contributed by atoms with Crippen LogP contribution in [-0.2, 0) is 11.7 Å². The van der Waals surface area contributed by atoms with Crippen LogP contribution in [0, 0.1) is 0 Å². The third-order valence-electron chi connectivity index (χ3n) is 4.37. The minimum Gasteiger partial charge on any atom is -0.328 e. The molecule has 0 saturated heterocycles. The van der Waals surface area contributed by atoms with E-state index in [1.807, 2.05) is 6.92 Å². The Bertz CT molecular complexity index is 645. The van der Waals surface area contributed by atoms with E-state index < -0.39 is 17.3 Å². The highest BCUT2D eigenvalue weighted by molar-refractivity contribution is 5.78. The van der Waals surface area contributed by atoms with Gasteiger partial charge in [0.25, 0.3) is 0 Å². The summed E-state index contributed by atoms with van der Waals surface area (Å²) in [5, 5.41) is 5.61. The van der Waals surface area contributed by atoms with Gasteiger partial charge in [0.1, 0.15) is 0 Å². The summed E-state index contributed by atoms with van der Waals surface area (Å²) >= 11 is 0. The smallest absolute Gasteiger partial charge is 0.328 e. The Kier molecular flexibility index (Phi) is 3.42. The molecule has 22 heavy (non-hydrogen) atoms. The predicted molar refractivity (Wildman–Crippen MR) is 76.0 cm³/mol. The number of allylic oxidation sites excluding steroid dienone is 2. The standard InChI is InChI=1S/C16H17F3N2O/c1-10-5-6-13(10)20-14(22)21-15(7-8-15)11-3-2-4-12(9-11)16(17,18)19/h2-4,9H,5-8H2,1H3,(H2,20,21,22). The number of amides is 2. The summed E-state index contributed by atoms with van der Waals surface area (Å²) in [5.74, 6) is 0. The minimum atomic E-state index is -4.37. The van der Waals surface area contributed by atoms with Gasteiger partial charge in [0.2, 0.25) is 0 Å². The second kappa shape index (κ2) is 5.04. The van der Waals surface area contributed by atoms with Gasteiger partial charge < -0.3 is 10.6 Å². The number of alkyl halides is 3. The SMILES string of the molecule is CC1=C(NC(=O)NC2(c3cccc(C(F)(F)F)c3)CC2)CC1. The van der Waals surface area contributed by atoms with E-state index in [0.717, 1.165) is 36.2 Å². The summed E-state index contributed by atoms with van der Waals surface area (Å²) in [6, 6.07) is 4.85. The van der Waals surface area contributed by atoms with E-state index in [1.165, 1.54) is 6.07 Å². The van der Waals surface area contributed by atoms with Gasteiger partial charge in [-0.25, -0.2) is 4.79 Å². The molecule has 2 N–H and O–H groups in total. The summed E-state index contributed by atoms with van der Waals surface area (Å²) in [5.41, 5.74) is 1.23. The third-order valence-corrected chi connectivity index (χ3v) is 4.37. The van der Waals surface area contributed by atoms with E-state index in [9.17, 15) is 18.0 Å². The Hall–Kier alpha value is -1.98. The van der Waals surface area contributed by atoms with Gasteiger partial charge in [0.15, 0.2) is 0 Å². The molecule has 0 atom stereocenters. The summed E-state index contributed by atoms with van der Waals surface area (Å²) in [7, 11) is 0. The lowest BCUT2D eigenvalue weighted by molar-refractivity contribution is -0.137. The molecular formula is C16H17F3N2O. The lowest BCUT2D eigenvalue weighted by atomic mass is 9.96. The fraction of sp³-hybridized carbons (Fsp3) is 0.438. The highest BCUT2D eigenvalue weighted by Gasteiger charge is 2.46.